The molecular weight excluding hydrogens is 440 g/mol. The monoisotopic (exact) mass is 466 g/mol. The van der Waals surface area contributed by atoms with Crippen molar-refractivity contribution in [2.24, 2.45) is 0 Å². The average Bonchev–Trinajstić information content (AvgIpc) is 3.36. The van der Waals surface area contributed by atoms with Gasteiger partial charge in [0.05, 0.1) is 11.6 Å². The van der Waals surface area contributed by atoms with E-state index in [-0.39, 0.29) is 11.3 Å². The summed E-state index contributed by atoms with van der Waals surface area (Å²) in [6, 6.07) is 15.2. The van der Waals surface area contributed by atoms with Gasteiger partial charge in [-0.2, -0.15) is 0 Å². The summed E-state index contributed by atoms with van der Waals surface area (Å²) < 4.78 is 5.75. The van der Waals surface area contributed by atoms with Crippen molar-refractivity contribution in [1.82, 2.24) is 9.80 Å². The first-order chi connectivity index (χ1) is 15.9. The van der Waals surface area contributed by atoms with E-state index in [2.05, 4.69) is 18.7 Å². The number of hydrogen-bond acceptors (Lipinski definition) is 5. The third-order valence-corrected chi connectivity index (χ3v) is 6.36. The summed E-state index contributed by atoms with van der Waals surface area (Å²) >= 11 is 6.23. The molecule has 2 aromatic carbocycles. The molecule has 1 aliphatic rings. The van der Waals surface area contributed by atoms with E-state index < -0.39 is 23.5 Å². The van der Waals surface area contributed by atoms with Crippen molar-refractivity contribution >= 4 is 34.3 Å². The van der Waals surface area contributed by atoms with E-state index in [1.807, 2.05) is 24.3 Å². The minimum Gasteiger partial charge on any atom is -0.503 e. The van der Waals surface area contributed by atoms with Gasteiger partial charge >= 0.3 is 0 Å². The Morgan fingerprint density at radius 2 is 1.88 bits per heavy atom. The molecule has 0 fully saturated rings. The van der Waals surface area contributed by atoms with E-state index in [4.69, 9.17) is 16.0 Å². The van der Waals surface area contributed by atoms with Crippen molar-refractivity contribution in [2.75, 3.05) is 26.2 Å². The number of nitrogens with zero attached hydrogens (tertiary/aromatic N) is 2. The molecule has 0 aliphatic carbocycles. The van der Waals surface area contributed by atoms with Gasteiger partial charge in [0.1, 0.15) is 5.58 Å². The molecule has 6 nitrogen and oxygen atoms in total. The van der Waals surface area contributed by atoms with Gasteiger partial charge in [-0.05, 0) is 55.9 Å². The Kier molecular flexibility index (Phi) is 6.86. The molecule has 1 N–H and O–H groups in total. The van der Waals surface area contributed by atoms with Gasteiger partial charge in [-0.25, -0.2) is 0 Å². The highest BCUT2D eigenvalue weighted by atomic mass is 35.5. The number of furan rings is 1. The zero-order valence-corrected chi connectivity index (χ0v) is 19.5. The lowest BCUT2D eigenvalue weighted by molar-refractivity contribution is -0.129. The normalized spacial score (nSPS) is 16.4. The van der Waals surface area contributed by atoms with Crippen LogP contribution in [-0.2, 0) is 4.79 Å². The Hall–Kier alpha value is -3.09. The van der Waals surface area contributed by atoms with Gasteiger partial charge in [0.2, 0.25) is 5.78 Å². The van der Waals surface area contributed by atoms with E-state index in [0.717, 1.165) is 25.0 Å². The fourth-order valence-corrected chi connectivity index (χ4v) is 4.57. The Balaban J connectivity index is 1.70. The summed E-state index contributed by atoms with van der Waals surface area (Å²) in [4.78, 5) is 30.4. The van der Waals surface area contributed by atoms with E-state index in [0.29, 0.717) is 29.1 Å². The van der Waals surface area contributed by atoms with Crippen LogP contribution >= 0.6 is 11.6 Å². The Labute approximate surface area is 198 Å². The van der Waals surface area contributed by atoms with Crippen molar-refractivity contribution in [3.63, 3.8) is 0 Å². The smallest absolute Gasteiger partial charge is 0.290 e. The first kappa shape index (κ1) is 23.1. The van der Waals surface area contributed by atoms with Crippen LogP contribution in [0.3, 0.4) is 0 Å². The molecule has 0 saturated heterocycles. The molecule has 0 spiro atoms. The van der Waals surface area contributed by atoms with Gasteiger partial charge in [-0.1, -0.05) is 55.8 Å². The van der Waals surface area contributed by atoms with Gasteiger partial charge in [0.15, 0.2) is 11.5 Å². The summed E-state index contributed by atoms with van der Waals surface area (Å²) in [5.74, 6) is -1.51. The standard InChI is InChI=1S/C26H27ClN2O4/c1-3-28(4-2)13-8-14-29-23(18-10-7-11-19(27)15-18)22(25(31)26(29)32)24(30)21-16-17-9-5-6-12-20(17)33-21/h5-7,9-12,15-16,23,31H,3-4,8,13-14H2,1-2H3/t23-/m1/s1. The minimum atomic E-state index is -0.742. The van der Waals surface area contributed by atoms with Gasteiger partial charge in [-0.3, -0.25) is 9.59 Å². The third-order valence-electron chi connectivity index (χ3n) is 6.13. The number of halogens is 1. The van der Waals surface area contributed by atoms with Crippen LogP contribution in [-0.4, -0.2) is 52.8 Å². The van der Waals surface area contributed by atoms with E-state index in [9.17, 15) is 14.7 Å². The van der Waals surface area contributed by atoms with Crippen LogP contribution < -0.4 is 0 Å². The van der Waals surface area contributed by atoms with Crippen LogP contribution in [0.25, 0.3) is 11.0 Å². The SMILES string of the molecule is CCN(CC)CCCN1C(=O)C(O)=C(C(=O)c2cc3ccccc3o2)[C@H]1c1cccc(Cl)c1. The van der Waals surface area contributed by atoms with Gasteiger partial charge < -0.3 is 19.3 Å². The van der Waals surface area contributed by atoms with Crippen LogP contribution in [0.1, 0.15) is 42.4 Å². The number of benzene rings is 2. The summed E-state index contributed by atoms with van der Waals surface area (Å²) in [7, 11) is 0. The van der Waals surface area contributed by atoms with Crippen molar-refractivity contribution in [3.8, 4) is 0 Å². The van der Waals surface area contributed by atoms with Crippen molar-refractivity contribution in [3.05, 3.63) is 82.3 Å². The molecule has 0 unspecified atom stereocenters. The Morgan fingerprint density at radius 1 is 1.12 bits per heavy atom. The molecule has 0 saturated carbocycles. The summed E-state index contributed by atoms with van der Waals surface area (Å²) in [6.45, 7) is 7.23. The molecule has 0 radical (unpaired) electrons. The summed E-state index contributed by atoms with van der Waals surface area (Å²) in [6.07, 6.45) is 0.712. The number of ketones is 1. The van der Waals surface area contributed by atoms with Crippen molar-refractivity contribution < 1.29 is 19.1 Å². The third kappa shape index (κ3) is 4.54. The Morgan fingerprint density at radius 3 is 2.58 bits per heavy atom. The van der Waals surface area contributed by atoms with Crippen molar-refractivity contribution in [2.45, 2.75) is 26.3 Å². The van der Waals surface area contributed by atoms with Gasteiger partial charge in [0.25, 0.3) is 5.91 Å². The predicted molar refractivity (Wildman–Crippen MR) is 129 cm³/mol. The van der Waals surface area contributed by atoms with Gasteiger partial charge in [0, 0.05) is 17.0 Å². The molecule has 0 bridgehead atoms. The Bertz CT molecular complexity index is 1180. The molecule has 33 heavy (non-hydrogen) atoms. The number of Topliss-reactive ketones (excluding diaryl/α,β-unsaturated/α-hetero) is 1. The first-order valence-electron chi connectivity index (χ1n) is 11.2. The lowest BCUT2D eigenvalue weighted by Gasteiger charge is -2.28. The zero-order chi connectivity index (χ0) is 23.5. The fourth-order valence-electron chi connectivity index (χ4n) is 4.37. The zero-order valence-electron chi connectivity index (χ0n) is 18.8. The number of fused-ring (bicyclic) bond motifs is 1. The maximum absolute atomic E-state index is 13.5. The van der Waals surface area contributed by atoms with Crippen LogP contribution in [0.2, 0.25) is 5.02 Å². The number of carbonyl (C=O) groups is 2. The highest BCUT2D eigenvalue weighted by Gasteiger charge is 2.44. The topological polar surface area (TPSA) is 74.0 Å². The van der Waals surface area contributed by atoms with E-state index in [1.165, 1.54) is 0 Å². The number of aliphatic hydroxyl groups is 1. The van der Waals surface area contributed by atoms with E-state index in [1.54, 1.807) is 35.2 Å². The number of carbonyl (C=O) groups excluding carboxylic acids is 2. The molecule has 2 heterocycles. The number of para-hydroxylation sites is 1. The van der Waals surface area contributed by atoms with Crippen LogP contribution in [0, 0.1) is 0 Å². The first-order valence-corrected chi connectivity index (χ1v) is 11.6. The molecule has 1 amide bonds. The summed E-state index contributed by atoms with van der Waals surface area (Å²) in [5.41, 5.74) is 1.26. The molecule has 3 aromatic rings. The second-order valence-corrected chi connectivity index (χ2v) is 8.51. The number of amides is 1. The number of hydrogen-bond donors (Lipinski definition) is 1. The maximum atomic E-state index is 13.5. The highest BCUT2D eigenvalue weighted by Crippen LogP contribution is 2.40. The van der Waals surface area contributed by atoms with Crippen LogP contribution in [0.5, 0.6) is 0 Å². The molecule has 1 atom stereocenters. The van der Waals surface area contributed by atoms with E-state index >= 15 is 0 Å². The molecule has 172 valence electrons. The van der Waals surface area contributed by atoms with Crippen molar-refractivity contribution in [1.29, 1.82) is 0 Å². The second kappa shape index (κ2) is 9.81. The fraction of sp³-hybridized carbons (Fsp3) is 0.308. The maximum Gasteiger partial charge on any atom is 0.290 e. The number of aliphatic hydroxyl groups excluding tert-OH is 1. The lowest BCUT2D eigenvalue weighted by Crippen LogP contribution is -2.34. The average molecular weight is 467 g/mol. The molecule has 1 aromatic heterocycles. The molecule has 4 rings (SSSR count). The second-order valence-electron chi connectivity index (χ2n) is 8.08. The molecule has 7 heteroatoms. The largest absolute Gasteiger partial charge is 0.503 e. The predicted octanol–water partition coefficient (Wildman–Crippen LogP) is 5.40. The van der Waals surface area contributed by atoms with Crippen LogP contribution in [0.4, 0.5) is 0 Å². The lowest BCUT2D eigenvalue weighted by atomic mass is 9.95. The van der Waals surface area contributed by atoms with Gasteiger partial charge in [-0.15, -0.1) is 0 Å². The van der Waals surface area contributed by atoms with Crippen LogP contribution in [0.15, 0.2) is 70.3 Å². The molecule has 1 aliphatic heterocycles. The minimum absolute atomic E-state index is 0.0177. The molecular formula is C26H27ClN2O4. The number of rotatable bonds is 9. The highest BCUT2D eigenvalue weighted by molar-refractivity contribution is 6.30. The quantitative estimate of drug-likeness (QED) is 0.427. The summed E-state index contributed by atoms with van der Waals surface area (Å²) in [5, 5.41) is 12.1.